The van der Waals surface area contributed by atoms with E-state index >= 15 is 0 Å². The van der Waals surface area contributed by atoms with E-state index in [0.717, 1.165) is 26.6 Å². The van der Waals surface area contributed by atoms with E-state index in [9.17, 15) is 9.59 Å². The van der Waals surface area contributed by atoms with Crippen molar-refractivity contribution in [3.63, 3.8) is 0 Å². The quantitative estimate of drug-likeness (QED) is 0.685. The van der Waals surface area contributed by atoms with E-state index in [2.05, 4.69) is 15.6 Å². The minimum absolute atomic E-state index is 0.0509. The molecule has 0 atom stereocenters. The van der Waals surface area contributed by atoms with E-state index < -0.39 is 0 Å². The summed E-state index contributed by atoms with van der Waals surface area (Å²) in [6.07, 6.45) is 0. The van der Waals surface area contributed by atoms with Crippen molar-refractivity contribution < 1.29 is 9.59 Å². The van der Waals surface area contributed by atoms with Gasteiger partial charge in [-0.05, 0) is 38.1 Å². The maximum Gasteiger partial charge on any atom is 0.257 e. The Hall–Kier alpha value is -2.51. The first-order valence-corrected chi connectivity index (χ1v) is 9.79. The predicted molar refractivity (Wildman–Crippen MR) is 107 cm³/mol. The first-order valence-electron chi connectivity index (χ1n) is 8.09. The molecule has 0 aliphatic rings. The molecule has 0 radical (unpaired) electrons. The van der Waals surface area contributed by atoms with Crippen molar-refractivity contribution in [1.29, 1.82) is 0 Å². The molecular formula is C19H19N3O2S2. The average molecular weight is 386 g/mol. The van der Waals surface area contributed by atoms with Crippen LogP contribution in [-0.2, 0) is 11.3 Å². The lowest BCUT2D eigenvalue weighted by Gasteiger charge is -2.04. The zero-order valence-electron chi connectivity index (χ0n) is 14.8. The Morgan fingerprint density at radius 2 is 1.85 bits per heavy atom. The molecule has 0 aliphatic carbocycles. The van der Waals surface area contributed by atoms with Crippen LogP contribution in [0.4, 0.5) is 5.13 Å². The summed E-state index contributed by atoms with van der Waals surface area (Å²) in [5, 5.41) is 8.14. The Morgan fingerprint density at radius 1 is 1.12 bits per heavy atom. The molecule has 0 aliphatic heterocycles. The summed E-state index contributed by atoms with van der Waals surface area (Å²) in [5.41, 5.74) is 3.57. The third kappa shape index (κ3) is 4.56. The van der Waals surface area contributed by atoms with Crippen LogP contribution in [0.2, 0.25) is 0 Å². The minimum atomic E-state index is -0.157. The van der Waals surface area contributed by atoms with Crippen LogP contribution in [0.15, 0.2) is 35.7 Å². The molecule has 5 nitrogen and oxygen atoms in total. The van der Waals surface area contributed by atoms with E-state index in [1.165, 1.54) is 18.3 Å². The number of amides is 2. The Kier molecular flexibility index (Phi) is 5.49. The van der Waals surface area contributed by atoms with Crippen molar-refractivity contribution >= 4 is 39.6 Å². The van der Waals surface area contributed by atoms with E-state index in [4.69, 9.17) is 0 Å². The lowest BCUT2D eigenvalue weighted by molar-refractivity contribution is -0.119. The van der Waals surface area contributed by atoms with Crippen molar-refractivity contribution in [2.75, 3.05) is 5.32 Å². The number of anilines is 1. The molecule has 2 heterocycles. The number of aromatic nitrogens is 1. The van der Waals surface area contributed by atoms with Gasteiger partial charge in [0.2, 0.25) is 5.91 Å². The molecule has 2 N–H and O–H groups in total. The highest BCUT2D eigenvalue weighted by molar-refractivity contribution is 7.17. The minimum Gasteiger partial charge on any atom is -0.351 e. The van der Waals surface area contributed by atoms with Gasteiger partial charge in [-0.1, -0.05) is 17.2 Å². The van der Waals surface area contributed by atoms with Crippen LogP contribution >= 0.6 is 22.7 Å². The fourth-order valence-electron chi connectivity index (χ4n) is 2.54. The van der Waals surface area contributed by atoms with Gasteiger partial charge in [-0.2, -0.15) is 0 Å². The van der Waals surface area contributed by atoms with E-state index in [0.29, 0.717) is 17.2 Å². The van der Waals surface area contributed by atoms with Gasteiger partial charge in [-0.15, -0.1) is 22.7 Å². The van der Waals surface area contributed by atoms with Crippen LogP contribution in [0.1, 0.15) is 33.3 Å². The highest BCUT2D eigenvalue weighted by Crippen LogP contribution is 2.31. The summed E-state index contributed by atoms with van der Waals surface area (Å²) in [7, 11) is 0. The molecule has 134 valence electrons. The van der Waals surface area contributed by atoms with Crippen molar-refractivity contribution in [2.24, 2.45) is 0 Å². The highest BCUT2D eigenvalue weighted by Gasteiger charge is 2.12. The average Bonchev–Trinajstić information content (AvgIpc) is 3.21. The molecule has 0 saturated carbocycles. The van der Waals surface area contributed by atoms with E-state index in [-0.39, 0.29) is 11.8 Å². The number of thiophene rings is 1. The van der Waals surface area contributed by atoms with Crippen LogP contribution in [0.25, 0.3) is 10.6 Å². The SMILES string of the molecule is CC(=O)NCc1ccc(-c2csc(NC(=O)c3cc(C)cc(C)c3)n2)s1. The standard InChI is InChI=1S/C19H19N3O2S2/c1-11-6-12(2)8-14(7-11)18(24)22-19-21-16(10-25-19)17-5-4-15(26-17)9-20-13(3)23/h4-8,10H,9H2,1-3H3,(H,20,23)(H,21,22,24). The van der Waals surface area contributed by atoms with Crippen LogP contribution in [0.3, 0.4) is 0 Å². The number of rotatable bonds is 5. The number of nitrogens with zero attached hydrogens (tertiary/aromatic N) is 1. The monoisotopic (exact) mass is 385 g/mol. The molecule has 2 amide bonds. The van der Waals surface area contributed by atoms with Crippen molar-refractivity contribution in [3.05, 3.63) is 57.3 Å². The number of thiazole rings is 1. The molecule has 0 spiro atoms. The Bertz CT molecular complexity index is 939. The van der Waals surface area contributed by atoms with Gasteiger partial charge in [0.1, 0.15) is 0 Å². The molecule has 2 aromatic heterocycles. The fourth-order valence-corrected chi connectivity index (χ4v) is 4.23. The molecule has 3 aromatic rings. The van der Waals surface area contributed by atoms with E-state index in [1.54, 1.807) is 11.3 Å². The van der Waals surface area contributed by atoms with E-state index in [1.807, 2.05) is 49.6 Å². The Labute approximate surface area is 160 Å². The summed E-state index contributed by atoms with van der Waals surface area (Å²) in [4.78, 5) is 30.0. The summed E-state index contributed by atoms with van der Waals surface area (Å²) in [6, 6.07) is 9.72. The van der Waals surface area contributed by atoms with Crippen molar-refractivity contribution in [2.45, 2.75) is 27.3 Å². The van der Waals surface area contributed by atoms with Gasteiger partial charge < -0.3 is 5.32 Å². The molecule has 3 rings (SSSR count). The maximum atomic E-state index is 12.4. The number of aryl methyl sites for hydroxylation is 2. The third-order valence-corrected chi connectivity index (χ3v) is 5.50. The van der Waals surface area contributed by atoms with Gasteiger partial charge in [0.05, 0.1) is 17.1 Å². The fraction of sp³-hybridized carbons (Fsp3) is 0.211. The predicted octanol–water partition coefficient (Wildman–Crippen LogP) is 4.38. The highest BCUT2D eigenvalue weighted by atomic mass is 32.1. The molecule has 1 aromatic carbocycles. The molecule has 7 heteroatoms. The first kappa shape index (κ1) is 18.3. The third-order valence-electron chi connectivity index (χ3n) is 3.63. The number of hydrogen-bond donors (Lipinski definition) is 2. The topological polar surface area (TPSA) is 71.1 Å². The normalized spacial score (nSPS) is 10.6. The maximum absolute atomic E-state index is 12.4. The van der Waals surface area contributed by atoms with Gasteiger partial charge in [0, 0.05) is 22.7 Å². The zero-order chi connectivity index (χ0) is 18.7. The van der Waals surface area contributed by atoms with Gasteiger partial charge >= 0.3 is 0 Å². The lowest BCUT2D eigenvalue weighted by Crippen LogP contribution is -2.17. The lowest BCUT2D eigenvalue weighted by atomic mass is 10.1. The molecule has 26 heavy (non-hydrogen) atoms. The van der Waals surface area contributed by atoms with Crippen LogP contribution in [-0.4, -0.2) is 16.8 Å². The number of carbonyl (C=O) groups excluding carboxylic acids is 2. The Morgan fingerprint density at radius 3 is 2.54 bits per heavy atom. The van der Waals surface area contributed by atoms with Crippen molar-refractivity contribution in [3.8, 4) is 10.6 Å². The number of nitrogens with one attached hydrogen (secondary N) is 2. The molecule has 0 saturated heterocycles. The van der Waals surface area contributed by atoms with Gasteiger partial charge in [0.15, 0.2) is 5.13 Å². The van der Waals surface area contributed by atoms with Gasteiger partial charge in [-0.3, -0.25) is 14.9 Å². The van der Waals surface area contributed by atoms with Crippen molar-refractivity contribution in [1.82, 2.24) is 10.3 Å². The molecule has 0 fully saturated rings. The number of benzene rings is 1. The summed E-state index contributed by atoms with van der Waals surface area (Å²) >= 11 is 2.97. The molecule has 0 bridgehead atoms. The second kappa shape index (κ2) is 7.80. The van der Waals surface area contributed by atoms with Crippen LogP contribution < -0.4 is 10.6 Å². The zero-order valence-corrected chi connectivity index (χ0v) is 16.4. The molecule has 0 unspecified atom stereocenters. The van der Waals surface area contributed by atoms with Gasteiger partial charge in [0.25, 0.3) is 5.91 Å². The number of hydrogen-bond acceptors (Lipinski definition) is 5. The van der Waals surface area contributed by atoms with Crippen LogP contribution in [0, 0.1) is 13.8 Å². The Balaban J connectivity index is 1.70. The molecular weight excluding hydrogens is 366 g/mol. The van der Waals surface area contributed by atoms with Crippen LogP contribution in [0.5, 0.6) is 0 Å². The number of carbonyl (C=O) groups is 2. The second-order valence-corrected chi connectivity index (χ2v) is 8.07. The summed E-state index contributed by atoms with van der Waals surface area (Å²) in [5.74, 6) is -0.208. The second-order valence-electron chi connectivity index (χ2n) is 6.04. The summed E-state index contributed by atoms with van der Waals surface area (Å²) in [6.45, 7) is 5.96. The van der Waals surface area contributed by atoms with Gasteiger partial charge in [-0.25, -0.2) is 4.98 Å². The first-order chi connectivity index (χ1) is 12.4. The smallest absolute Gasteiger partial charge is 0.257 e. The largest absolute Gasteiger partial charge is 0.351 e. The summed E-state index contributed by atoms with van der Waals surface area (Å²) < 4.78 is 0.